The Bertz CT molecular complexity index is 584. The lowest BCUT2D eigenvalue weighted by atomic mass is 9.97. The fourth-order valence-corrected chi connectivity index (χ4v) is 2.63. The second-order valence-electron chi connectivity index (χ2n) is 5.15. The van der Waals surface area contributed by atoms with E-state index in [1.54, 1.807) is 6.07 Å². The Morgan fingerprint density at radius 3 is 2.48 bits per heavy atom. The van der Waals surface area contributed by atoms with Crippen LogP contribution in [0.1, 0.15) is 36.1 Å². The molecule has 0 aliphatic rings. The molecule has 0 saturated heterocycles. The van der Waals surface area contributed by atoms with Crippen molar-refractivity contribution in [2.24, 2.45) is 5.84 Å². The Balaban J connectivity index is 2.15. The summed E-state index contributed by atoms with van der Waals surface area (Å²) in [4.78, 5) is 0. The smallest absolute Gasteiger partial charge is 0.124 e. The normalized spacial score (nSPS) is 12.4. The minimum atomic E-state index is -0.329. The molecule has 0 fully saturated rings. The van der Waals surface area contributed by atoms with Crippen LogP contribution >= 0.6 is 11.6 Å². The lowest BCUT2D eigenvalue weighted by molar-refractivity contribution is 0.550. The lowest BCUT2D eigenvalue weighted by Gasteiger charge is -2.17. The van der Waals surface area contributed by atoms with Crippen molar-refractivity contribution in [2.75, 3.05) is 0 Å². The first kappa shape index (κ1) is 16.0. The summed E-state index contributed by atoms with van der Waals surface area (Å²) >= 11 is 6.08. The average Bonchev–Trinajstić information content (AvgIpc) is 2.48. The van der Waals surface area contributed by atoms with E-state index >= 15 is 0 Å². The van der Waals surface area contributed by atoms with Crippen LogP contribution in [0, 0.1) is 5.82 Å². The van der Waals surface area contributed by atoms with Crippen molar-refractivity contribution in [1.82, 2.24) is 5.43 Å². The summed E-state index contributed by atoms with van der Waals surface area (Å²) in [6, 6.07) is 12.8. The van der Waals surface area contributed by atoms with Crippen molar-refractivity contribution in [1.29, 1.82) is 0 Å². The van der Waals surface area contributed by atoms with Crippen LogP contribution in [0.3, 0.4) is 0 Å². The maximum atomic E-state index is 13.1. The van der Waals surface area contributed by atoms with E-state index in [1.165, 1.54) is 17.7 Å². The molecule has 2 nitrogen and oxygen atoms in total. The van der Waals surface area contributed by atoms with Crippen molar-refractivity contribution in [3.63, 3.8) is 0 Å². The maximum Gasteiger partial charge on any atom is 0.124 e. The van der Waals surface area contributed by atoms with Gasteiger partial charge in [0.15, 0.2) is 0 Å². The highest BCUT2D eigenvalue weighted by atomic mass is 35.5. The zero-order valence-electron chi connectivity index (χ0n) is 12.1. The SMILES string of the molecule is CCCc1ccc(C(Cc2ccc(F)cc2Cl)NN)cc1. The number of nitrogens with two attached hydrogens (primary N) is 1. The van der Waals surface area contributed by atoms with Crippen LogP contribution in [0.2, 0.25) is 5.02 Å². The quantitative estimate of drug-likeness (QED) is 0.620. The van der Waals surface area contributed by atoms with Crippen LogP contribution in [0.15, 0.2) is 42.5 Å². The van der Waals surface area contributed by atoms with Crippen LogP contribution in [-0.4, -0.2) is 0 Å². The topological polar surface area (TPSA) is 38.0 Å². The number of rotatable bonds is 6. The third-order valence-corrected chi connectivity index (χ3v) is 3.91. The molecule has 0 bridgehead atoms. The molecule has 0 saturated carbocycles. The summed E-state index contributed by atoms with van der Waals surface area (Å²) in [5, 5.41) is 0.429. The van der Waals surface area contributed by atoms with Crippen LogP contribution in [0.25, 0.3) is 0 Å². The molecule has 1 atom stereocenters. The van der Waals surface area contributed by atoms with E-state index in [2.05, 4.69) is 36.6 Å². The Labute approximate surface area is 130 Å². The molecule has 3 N–H and O–H groups in total. The summed E-state index contributed by atoms with van der Waals surface area (Å²) < 4.78 is 13.1. The molecule has 2 rings (SSSR count). The first-order valence-electron chi connectivity index (χ1n) is 7.13. The summed E-state index contributed by atoms with van der Waals surface area (Å²) in [5.41, 5.74) is 6.09. The Hall–Kier alpha value is -1.42. The van der Waals surface area contributed by atoms with Crippen molar-refractivity contribution < 1.29 is 4.39 Å². The first-order valence-corrected chi connectivity index (χ1v) is 7.50. The summed E-state index contributed by atoms with van der Waals surface area (Å²) in [7, 11) is 0. The van der Waals surface area contributed by atoms with E-state index in [4.69, 9.17) is 17.4 Å². The van der Waals surface area contributed by atoms with Gasteiger partial charge in [-0.1, -0.05) is 55.3 Å². The highest BCUT2D eigenvalue weighted by Gasteiger charge is 2.13. The average molecular weight is 307 g/mol. The largest absolute Gasteiger partial charge is 0.271 e. The summed E-state index contributed by atoms with van der Waals surface area (Å²) in [5.74, 6) is 5.33. The van der Waals surface area contributed by atoms with Crippen molar-refractivity contribution >= 4 is 11.6 Å². The summed E-state index contributed by atoms with van der Waals surface area (Å²) in [6.07, 6.45) is 2.82. The molecule has 2 aromatic rings. The second-order valence-corrected chi connectivity index (χ2v) is 5.56. The molecular weight excluding hydrogens is 287 g/mol. The van der Waals surface area contributed by atoms with Gasteiger partial charge in [-0.2, -0.15) is 0 Å². The van der Waals surface area contributed by atoms with Gasteiger partial charge >= 0.3 is 0 Å². The zero-order valence-corrected chi connectivity index (χ0v) is 12.8. The van der Waals surface area contributed by atoms with Crippen LogP contribution in [-0.2, 0) is 12.8 Å². The molecule has 21 heavy (non-hydrogen) atoms. The van der Waals surface area contributed by atoms with E-state index < -0.39 is 0 Å². The lowest BCUT2D eigenvalue weighted by Crippen LogP contribution is -2.29. The highest BCUT2D eigenvalue weighted by molar-refractivity contribution is 6.31. The second kappa shape index (κ2) is 7.55. The van der Waals surface area contributed by atoms with Crippen LogP contribution in [0.4, 0.5) is 4.39 Å². The molecule has 0 amide bonds. The van der Waals surface area contributed by atoms with Gasteiger partial charge in [0.1, 0.15) is 5.82 Å². The third-order valence-electron chi connectivity index (χ3n) is 3.56. The predicted molar refractivity (Wildman–Crippen MR) is 85.6 cm³/mol. The third kappa shape index (κ3) is 4.27. The fourth-order valence-electron chi connectivity index (χ4n) is 2.39. The maximum absolute atomic E-state index is 13.1. The van der Waals surface area contributed by atoms with E-state index in [1.807, 2.05) is 0 Å². The molecule has 0 aliphatic carbocycles. The number of hydrogen-bond acceptors (Lipinski definition) is 2. The van der Waals surface area contributed by atoms with Gasteiger partial charge in [0.2, 0.25) is 0 Å². The zero-order chi connectivity index (χ0) is 15.2. The minimum Gasteiger partial charge on any atom is -0.271 e. The Morgan fingerprint density at radius 1 is 1.19 bits per heavy atom. The van der Waals surface area contributed by atoms with Crippen molar-refractivity contribution in [2.45, 2.75) is 32.2 Å². The van der Waals surface area contributed by atoms with E-state index in [9.17, 15) is 4.39 Å². The molecule has 0 heterocycles. The molecule has 0 aromatic heterocycles. The molecule has 0 radical (unpaired) electrons. The molecule has 0 aliphatic heterocycles. The van der Waals surface area contributed by atoms with Crippen molar-refractivity contribution in [3.8, 4) is 0 Å². The van der Waals surface area contributed by atoms with Crippen LogP contribution in [0.5, 0.6) is 0 Å². The van der Waals surface area contributed by atoms with Gasteiger partial charge < -0.3 is 0 Å². The number of hydrogen-bond donors (Lipinski definition) is 2. The van der Waals surface area contributed by atoms with Gasteiger partial charge in [-0.3, -0.25) is 11.3 Å². The number of nitrogens with one attached hydrogen (secondary N) is 1. The molecular formula is C17H20ClFN2. The van der Waals surface area contributed by atoms with Gasteiger partial charge in [0.05, 0.1) is 6.04 Å². The number of aryl methyl sites for hydroxylation is 1. The van der Waals surface area contributed by atoms with Gasteiger partial charge in [-0.25, -0.2) is 4.39 Å². The van der Waals surface area contributed by atoms with Gasteiger partial charge in [0, 0.05) is 5.02 Å². The number of hydrazine groups is 1. The number of halogens is 2. The number of benzene rings is 2. The molecule has 1 unspecified atom stereocenters. The van der Waals surface area contributed by atoms with Gasteiger partial charge in [-0.15, -0.1) is 0 Å². The Morgan fingerprint density at radius 2 is 1.90 bits per heavy atom. The van der Waals surface area contributed by atoms with Gasteiger partial charge in [-0.05, 0) is 41.7 Å². The predicted octanol–water partition coefficient (Wildman–Crippen LogP) is 4.18. The van der Waals surface area contributed by atoms with Crippen LogP contribution < -0.4 is 11.3 Å². The first-order chi connectivity index (χ1) is 10.1. The molecule has 112 valence electrons. The molecule has 4 heteroatoms. The standard InChI is InChI=1S/C17H20ClFN2/c1-2-3-12-4-6-13(7-5-12)17(21-20)10-14-8-9-15(19)11-16(14)18/h4-9,11,17,21H,2-3,10,20H2,1H3. The van der Waals surface area contributed by atoms with E-state index in [0.29, 0.717) is 11.4 Å². The monoisotopic (exact) mass is 306 g/mol. The summed E-state index contributed by atoms with van der Waals surface area (Å²) in [6.45, 7) is 2.16. The van der Waals surface area contributed by atoms with E-state index in [0.717, 1.165) is 24.0 Å². The fraction of sp³-hybridized carbons (Fsp3) is 0.294. The van der Waals surface area contributed by atoms with Gasteiger partial charge in [0.25, 0.3) is 0 Å². The highest BCUT2D eigenvalue weighted by Crippen LogP contribution is 2.24. The molecule has 2 aromatic carbocycles. The minimum absolute atomic E-state index is 0.0522. The Kier molecular flexibility index (Phi) is 5.74. The molecule has 0 spiro atoms. The van der Waals surface area contributed by atoms with E-state index in [-0.39, 0.29) is 11.9 Å². The van der Waals surface area contributed by atoms with Crippen molar-refractivity contribution in [3.05, 3.63) is 70.0 Å².